The van der Waals surface area contributed by atoms with E-state index in [1.165, 1.54) is 19.3 Å². The minimum atomic E-state index is 0.442. The van der Waals surface area contributed by atoms with Crippen LogP contribution in [0.15, 0.2) is 0 Å². The van der Waals surface area contributed by atoms with Crippen molar-refractivity contribution in [1.82, 2.24) is 0 Å². The van der Waals surface area contributed by atoms with Crippen molar-refractivity contribution in [3.8, 4) is 0 Å². The van der Waals surface area contributed by atoms with Gasteiger partial charge in [-0.25, -0.2) is 0 Å². The Kier molecular flexibility index (Phi) is 2.58. The van der Waals surface area contributed by atoms with Gasteiger partial charge >= 0.3 is 0 Å². The maximum absolute atomic E-state index is 5.76. The molecule has 0 bridgehead atoms. The second-order valence-corrected chi connectivity index (χ2v) is 4.87. The van der Waals surface area contributed by atoms with Crippen LogP contribution in [0.5, 0.6) is 0 Å². The second-order valence-electron chi connectivity index (χ2n) is 4.87. The van der Waals surface area contributed by atoms with E-state index in [2.05, 4.69) is 20.8 Å². The van der Waals surface area contributed by atoms with Gasteiger partial charge in [0.25, 0.3) is 0 Å². The van der Waals surface area contributed by atoms with E-state index < -0.39 is 0 Å². The number of nitrogens with two attached hydrogens (primary N) is 1. The van der Waals surface area contributed by atoms with E-state index in [1.807, 2.05) is 0 Å². The average molecular weight is 155 g/mol. The third-order valence-corrected chi connectivity index (χ3v) is 2.98. The van der Waals surface area contributed by atoms with Crippen LogP contribution in [0.2, 0.25) is 0 Å². The summed E-state index contributed by atoms with van der Waals surface area (Å²) in [6.45, 7) is 7.90. The summed E-state index contributed by atoms with van der Waals surface area (Å²) in [7, 11) is 0. The fraction of sp³-hybridized carbons (Fsp3) is 1.00. The van der Waals surface area contributed by atoms with E-state index in [-0.39, 0.29) is 0 Å². The van der Waals surface area contributed by atoms with Crippen molar-refractivity contribution in [2.24, 2.45) is 23.0 Å². The van der Waals surface area contributed by atoms with Gasteiger partial charge in [-0.15, -0.1) is 0 Å². The van der Waals surface area contributed by atoms with Gasteiger partial charge < -0.3 is 5.73 Å². The molecule has 0 aliphatic heterocycles. The number of hydrogen-bond donors (Lipinski definition) is 1. The molecule has 0 amide bonds. The van der Waals surface area contributed by atoms with Crippen LogP contribution in [0.25, 0.3) is 0 Å². The highest BCUT2D eigenvalue weighted by atomic mass is 14.6. The number of hydrogen-bond acceptors (Lipinski definition) is 1. The molecule has 1 rings (SSSR count). The summed E-state index contributed by atoms with van der Waals surface area (Å²) in [5.41, 5.74) is 6.20. The highest BCUT2D eigenvalue weighted by molar-refractivity contribution is 4.84. The first-order valence-electron chi connectivity index (χ1n) is 4.76. The predicted molar refractivity (Wildman–Crippen MR) is 49.3 cm³/mol. The van der Waals surface area contributed by atoms with Gasteiger partial charge in [0.05, 0.1) is 0 Å². The molecule has 66 valence electrons. The summed E-state index contributed by atoms with van der Waals surface area (Å²) in [6, 6.07) is 0. The lowest BCUT2D eigenvalue weighted by atomic mass is 9.67. The van der Waals surface area contributed by atoms with Crippen molar-refractivity contribution in [2.75, 3.05) is 6.54 Å². The minimum Gasteiger partial charge on any atom is -0.330 e. The molecule has 0 aromatic rings. The van der Waals surface area contributed by atoms with E-state index in [0.717, 1.165) is 18.4 Å². The van der Waals surface area contributed by atoms with Crippen molar-refractivity contribution in [2.45, 2.75) is 40.0 Å². The molecule has 0 radical (unpaired) electrons. The lowest BCUT2D eigenvalue weighted by Gasteiger charge is -2.39. The molecular weight excluding hydrogens is 134 g/mol. The van der Waals surface area contributed by atoms with E-state index in [0.29, 0.717) is 5.41 Å². The third kappa shape index (κ3) is 2.19. The lowest BCUT2D eigenvalue weighted by Crippen LogP contribution is -2.35. The zero-order valence-electron chi connectivity index (χ0n) is 8.06. The van der Waals surface area contributed by atoms with Gasteiger partial charge in [0, 0.05) is 0 Å². The molecule has 11 heavy (non-hydrogen) atoms. The average Bonchev–Trinajstić information content (AvgIpc) is 1.84. The fourth-order valence-electron chi connectivity index (χ4n) is 2.79. The molecule has 1 nitrogen and oxygen atoms in total. The highest BCUT2D eigenvalue weighted by Crippen LogP contribution is 2.40. The van der Waals surface area contributed by atoms with Crippen LogP contribution < -0.4 is 5.73 Å². The van der Waals surface area contributed by atoms with Gasteiger partial charge in [-0.3, -0.25) is 0 Å². The van der Waals surface area contributed by atoms with Gasteiger partial charge in [0.1, 0.15) is 0 Å². The molecule has 1 unspecified atom stereocenters. The van der Waals surface area contributed by atoms with Gasteiger partial charge in [-0.1, -0.05) is 20.8 Å². The standard InChI is InChI=1S/C10H21N/c1-8-4-9(2)6-10(3,5-8)7-11/h8-9H,4-7,11H2,1-3H3/t8-,9+,10?. The van der Waals surface area contributed by atoms with Crippen LogP contribution in [0.3, 0.4) is 0 Å². The monoisotopic (exact) mass is 155 g/mol. The maximum Gasteiger partial charge on any atom is -0.00230 e. The minimum absolute atomic E-state index is 0.442. The first-order valence-corrected chi connectivity index (χ1v) is 4.76. The molecule has 0 aromatic carbocycles. The largest absolute Gasteiger partial charge is 0.330 e. The Hall–Kier alpha value is -0.0400. The topological polar surface area (TPSA) is 26.0 Å². The molecule has 2 N–H and O–H groups in total. The smallest absolute Gasteiger partial charge is 0.00230 e. The molecule has 0 heterocycles. The Morgan fingerprint density at radius 1 is 1.27 bits per heavy atom. The van der Waals surface area contributed by atoms with E-state index >= 15 is 0 Å². The molecule has 3 atom stereocenters. The SMILES string of the molecule is C[C@@H]1C[C@H](C)CC(C)(CN)C1. The summed E-state index contributed by atoms with van der Waals surface area (Å²) < 4.78 is 0. The molecule has 0 spiro atoms. The zero-order valence-corrected chi connectivity index (χ0v) is 8.06. The van der Waals surface area contributed by atoms with Crippen molar-refractivity contribution < 1.29 is 0 Å². The van der Waals surface area contributed by atoms with Crippen molar-refractivity contribution in [3.05, 3.63) is 0 Å². The second kappa shape index (κ2) is 3.14. The summed E-state index contributed by atoms with van der Waals surface area (Å²) in [6.07, 6.45) is 4.05. The third-order valence-electron chi connectivity index (χ3n) is 2.98. The lowest BCUT2D eigenvalue weighted by molar-refractivity contribution is 0.131. The molecule has 1 heteroatoms. The molecule has 1 aliphatic carbocycles. The first-order chi connectivity index (χ1) is 5.06. The Bertz CT molecular complexity index is 121. The van der Waals surface area contributed by atoms with Crippen molar-refractivity contribution in [3.63, 3.8) is 0 Å². The molecule has 1 fully saturated rings. The van der Waals surface area contributed by atoms with Gasteiger partial charge in [-0.05, 0) is 43.1 Å². The molecule has 1 saturated carbocycles. The van der Waals surface area contributed by atoms with Crippen LogP contribution in [-0.4, -0.2) is 6.54 Å². The van der Waals surface area contributed by atoms with Crippen LogP contribution in [-0.2, 0) is 0 Å². The first kappa shape index (κ1) is 9.05. The Labute approximate surface area is 70.4 Å². The fourth-order valence-corrected chi connectivity index (χ4v) is 2.79. The van der Waals surface area contributed by atoms with Crippen LogP contribution in [0.4, 0.5) is 0 Å². The van der Waals surface area contributed by atoms with Crippen molar-refractivity contribution in [1.29, 1.82) is 0 Å². The normalized spacial score (nSPS) is 45.8. The summed E-state index contributed by atoms with van der Waals surface area (Å²) in [4.78, 5) is 0. The van der Waals surface area contributed by atoms with Crippen LogP contribution >= 0.6 is 0 Å². The summed E-state index contributed by atoms with van der Waals surface area (Å²) in [5.74, 6) is 1.76. The van der Waals surface area contributed by atoms with Crippen LogP contribution in [0, 0.1) is 17.3 Å². The van der Waals surface area contributed by atoms with Crippen molar-refractivity contribution >= 4 is 0 Å². The summed E-state index contributed by atoms with van der Waals surface area (Å²) >= 11 is 0. The summed E-state index contributed by atoms with van der Waals surface area (Å²) in [5, 5.41) is 0. The number of rotatable bonds is 1. The zero-order chi connectivity index (χ0) is 8.48. The van der Waals surface area contributed by atoms with Gasteiger partial charge in [0.15, 0.2) is 0 Å². The highest BCUT2D eigenvalue weighted by Gasteiger charge is 2.32. The molecule has 1 aliphatic rings. The Balaban J connectivity index is 2.55. The Morgan fingerprint density at radius 2 is 1.73 bits per heavy atom. The maximum atomic E-state index is 5.76. The van der Waals surface area contributed by atoms with E-state index in [1.54, 1.807) is 0 Å². The predicted octanol–water partition coefficient (Wildman–Crippen LogP) is 2.41. The van der Waals surface area contributed by atoms with E-state index in [9.17, 15) is 0 Å². The molecule has 0 aromatic heterocycles. The van der Waals surface area contributed by atoms with Gasteiger partial charge in [0.2, 0.25) is 0 Å². The van der Waals surface area contributed by atoms with Crippen LogP contribution in [0.1, 0.15) is 40.0 Å². The molecular formula is C10H21N. The van der Waals surface area contributed by atoms with Gasteiger partial charge in [-0.2, -0.15) is 0 Å². The molecule has 0 saturated heterocycles. The van der Waals surface area contributed by atoms with E-state index in [4.69, 9.17) is 5.73 Å². The quantitative estimate of drug-likeness (QED) is 0.618. The Morgan fingerprint density at radius 3 is 2.09 bits per heavy atom.